The summed E-state index contributed by atoms with van der Waals surface area (Å²) in [6, 6.07) is 7.32. The highest BCUT2D eigenvalue weighted by molar-refractivity contribution is 6.00. The van der Waals surface area contributed by atoms with Crippen molar-refractivity contribution in [3.8, 4) is 16.9 Å². The van der Waals surface area contributed by atoms with Gasteiger partial charge >= 0.3 is 23.9 Å². The number of halogens is 3. The molecule has 2 aliphatic heterocycles. The molecule has 15 heteroatoms. The van der Waals surface area contributed by atoms with E-state index in [1.54, 1.807) is 15.7 Å². The summed E-state index contributed by atoms with van der Waals surface area (Å²) in [5, 5.41) is 11.3. The lowest BCUT2D eigenvalue weighted by atomic mass is 9.92. The number of carbonyl (C=O) groups is 2. The molecule has 2 aliphatic rings. The number of aryl methyl sites for hydroxylation is 2. The van der Waals surface area contributed by atoms with E-state index in [0.717, 1.165) is 33.7 Å². The second kappa shape index (κ2) is 12.0. The van der Waals surface area contributed by atoms with E-state index in [1.165, 1.54) is 0 Å². The maximum absolute atomic E-state index is 13.5. The van der Waals surface area contributed by atoms with Crippen molar-refractivity contribution in [2.45, 2.75) is 58.9 Å². The first-order chi connectivity index (χ1) is 21.6. The Labute approximate surface area is 260 Å². The van der Waals surface area contributed by atoms with Crippen LogP contribution in [0.1, 0.15) is 55.9 Å². The first-order valence-electron chi connectivity index (χ1n) is 14.3. The van der Waals surface area contributed by atoms with Crippen LogP contribution >= 0.6 is 0 Å². The minimum Gasteiger partial charge on any atom is -0.488 e. The lowest BCUT2D eigenvalue weighted by molar-refractivity contribution is -0.192. The third-order valence-corrected chi connectivity index (χ3v) is 7.42. The molecular formula is C31H32F3N5O7. The first-order valence-corrected chi connectivity index (χ1v) is 14.3. The molecule has 244 valence electrons. The number of alkyl halides is 3. The molecule has 1 amide bonds. The highest BCUT2D eigenvalue weighted by Crippen LogP contribution is 2.46. The number of imidazole rings is 1. The Balaban J connectivity index is 0.000000537. The number of hydrogen-bond donors (Lipinski definition) is 2. The molecule has 12 nitrogen and oxygen atoms in total. The maximum Gasteiger partial charge on any atom is 0.490 e. The summed E-state index contributed by atoms with van der Waals surface area (Å²) in [5.41, 5.74) is 5.65. The number of H-pyrrole nitrogens is 1. The molecule has 0 saturated heterocycles. The molecule has 6 rings (SSSR count). The zero-order valence-electron chi connectivity index (χ0n) is 25.7. The largest absolute Gasteiger partial charge is 0.490 e. The number of nitrogens with zero attached hydrogens (tertiary/aromatic N) is 4. The van der Waals surface area contributed by atoms with Gasteiger partial charge < -0.3 is 29.0 Å². The predicted molar refractivity (Wildman–Crippen MR) is 159 cm³/mol. The number of nitrogens with one attached hydrogen (secondary N) is 1. The van der Waals surface area contributed by atoms with Gasteiger partial charge in [-0.2, -0.15) is 13.2 Å². The van der Waals surface area contributed by atoms with Gasteiger partial charge in [0.1, 0.15) is 29.5 Å². The number of aromatic nitrogens is 4. The smallest absolute Gasteiger partial charge is 0.488 e. The summed E-state index contributed by atoms with van der Waals surface area (Å²) < 4.78 is 51.0. The van der Waals surface area contributed by atoms with Crippen molar-refractivity contribution < 1.29 is 41.9 Å². The number of aromatic amines is 1. The van der Waals surface area contributed by atoms with Gasteiger partial charge in [-0.3, -0.25) is 9.55 Å². The van der Waals surface area contributed by atoms with Crippen molar-refractivity contribution in [2.24, 2.45) is 0 Å². The third-order valence-electron chi connectivity index (χ3n) is 7.42. The van der Waals surface area contributed by atoms with Gasteiger partial charge in [-0.05, 0) is 64.8 Å². The fourth-order valence-corrected chi connectivity index (χ4v) is 5.46. The van der Waals surface area contributed by atoms with E-state index < -0.39 is 17.7 Å². The number of benzene rings is 1. The van der Waals surface area contributed by atoms with Crippen LogP contribution in [0, 0.1) is 13.8 Å². The fraction of sp³-hybridized carbons (Fsp3) is 0.387. The van der Waals surface area contributed by atoms with E-state index in [9.17, 15) is 22.8 Å². The van der Waals surface area contributed by atoms with Crippen molar-refractivity contribution in [2.75, 3.05) is 19.7 Å². The van der Waals surface area contributed by atoms with Gasteiger partial charge in [-0.25, -0.2) is 14.4 Å². The average molecular weight is 644 g/mol. The summed E-state index contributed by atoms with van der Waals surface area (Å²) >= 11 is 0. The van der Waals surface area contributed by atoms with Gasteiger partial charge in [-0.15, -0.1) is 0 Å². The van der Waals surface area contributed by atoms with Gasteiger partial charge in [0.25, 0.3) is 0 Å². The van der Waals surface area contributed by atoms with E-state index in [4.69, 9.17) is 23.9 Å². The Kier molecular flexibility index (Phi) is 8.45. The standard InChI is InChI=1S/C29H31N5O5.C2HF3O2/c1-16-23(17(2)39-32-16)20-14-19(18-9-12-33(13-10-18)28(36)38-29(3,4)5)24-25-26(20)37-15-22(34(25)27(35)31-24)21-8-6-7-11-30-21;3-2(4,5)1(6)7/h6-9,11,14,22H,10,12-13,15H2,1-5H3,(H,31,35);(H,6,7)/t22-;/m1./s1. The molecule has 0 spiro atoms. The molecule has 0 unspecified atom stereocenters. The number of aliphatic carboxylic acids is 1. The topological polar surface area (TPSA) is 153 Å². The van der Waals surface area contributed by atoms with E-state index >= 15 is 0 Å². The Bertz CT molecular complexity index is 1860. The van der Waals surface area contributed by atoms with Gasteiger partial charge in [0, 0.05) is 30.4 Å². The molecular weight excluding hydrogens is 611 g/mol. The van der Waals surface area contributed by atoms with Crippen LogP contribution in [-0.4, -0.2) is 73.2 Å². The normalized spacial score (nSPS) is 16.3. The number of carboxylic acids is 1. The number of hydrogen-bond acceptors (Lipinski definition) is 8. The molecule has 0 aliphatic carbocycles. The van der Waals surface area contributed by atoms with Crippen LogP contribution in [0.25, 0.3) is 27.7 Å². The number of carbonyl (C=O) groups excluding carboxylic acids is 1. The zero-order valence-corrected chi connectivity index (χ0v) is 25.7. The molecule has 0 radical (unpaired) electrons. The number of carboxylic acid groups (broad SMARTS) is 1. The summed E-state index contributed by atoms with van der Waals surface area (Å²) in [6.45, 7) is 10.5. The van der Waals surface area contributed by atoms with Gasteiger partial charge in [0.05, 0.1) is 22.5 Å². The molecule has 4 aromatic rings. The van der Waals surface area contributed by atoms with Crippen LogP contribution in [0.4, 0.5) is 18.0 Å². The summed E-state index contributed by atoms with van der Waals surface area (Å²) in [7, 11) is 0. The highest BCUT2D eigenvalue weighted by Gasteiger charge is 2.38. The third kappa shape index (κ3) is 6.34. The van der Waals surface area contributed by atoms with Crippen LogP contribution in [0.3, 0.4) is 0 Å². The highest BCUT2D eigenvalue weighted by atomic mass is 19.4. The molecule has 2 N–H and O–H groups in total. The molecule has 1 atom stereocenters. The monoisotopic (exact) mass is 643 g/mol. The summed E-state index contributed by atoms with van der Waals surface area (Å²) in [5.74, 6) is -1.48. The average Bonchev–Trinajstić information content (AvgIpc) is 3.51. The van der Waals surface area contributed by atoms with Crippen LogP contribution in [0.2, 0.25) is 0 Å². The lowest BCUT2D eigenvalue weighted by Crippen LogP contribution is -2.39. The van der Waals surface area contributed by atoms with Crippen molar-refractivity contribution in [1.29, 1.82) is 0 Å². The summed E-state index contributed by atoms with van der Waals surface area (Å²) in [6.07, 6.45) is -1.08. The second-order valence-electron chi connectivity index (χ2n) is 11.8. The van der Waals surface area contributed by atoms with E-state index in [2.05, 4.69) is 15.1 Å². The molecule has 0 fully saturated rings. The second-order valence-corrected chi connectivity index (χ2v) is 11.8. The van der Waals surface area contributed by atoms with Crippen molar-refractivity contribution in [1.82, 2.24) is 24.6 Å². The minimum atomic E-state index is -5.08. The van der Waals surface area contributed by atoms with Crippen LogP contribution in [0.5, 0.6) is 5.75 Å². The first kappa shape index (κ1) is 32.3. The molecule has 0 bridgehead atoms. The van der Waals surface area contributed by atoms with E-state index in [-0.39, 0.29) is 24.4 Å². The minimum absolute atomic E-state index is 0.228. The van der Waals surface area contributed by atoms with Crippen LogP contribution in [0.15, 0.2) is 45.9 Å². The van der Waals surface area contributed by atoms with E-state index in [1.807, 2.05) is 65.0 Å². The Morgan fingerprint density at radius 3 is 2.41 bits per heavy atom. The number of amides is 1. The van der Waals surface area contributed by atoms with Crippen molar-refractivity contribution in [3.63, 3.8) is 0 Å². The van der Waals surface area contributed by atoms with Gasteiger partial charge in [0.2, 0.25) is 0 Å². The summed E-state index contributed by atoms with van der Waals surface area (Å²) in [4.78, 5) is 44.3. The predicted octanol–water partition coefficient (Wildman–Crippen LogP) is 5.64. The van der Waals surface area contributed by atoms with E-state index in [0.29, 0.717) is 42.1 Å². The SMILES string of the molecule is Cc1noc(C)c1-c1cc(C2=CCN(C(=O)OC(C)(C)C)CC2)c2[nH]c(=O)n3c2c1OC[C@@H]3c1ccccn1.O=C(O)C(F)(F)F. The van der Waals surface area contributed by atoms with Crippen LogP contribution in [-0.2, 0) is 9.53 Å². The molecule has 5 heterocycles. The molecule has 3 aromatic heterocycles. The Morgan fingerprint density at radius 1 is 1.15 bits per heavy atom. The van der Waals surface area contributed by atoms with Gasteiger partial charge in [-0.1, -0.05) is 17.3 Å². The Morgan fingerprint density at radius 2 is 1.87 bits per heavy atom. The molecule has 46 heavy (non-hydrogen) atoms. The quantitative estimate of drug-likeness (QED) is 0.289. The lowest BCUT2D eigenvalue weighted by Gasteiger charge is -2.30. The van der Waals surface area contributed by atoms with Crippen molar-refractivity contribution in [3.05, 3.63) is 69.7 Å². The maximum atomic E-state index is 13.5. The Hall–Kier alpha value is -5.08. The number of rotatable bonds is 3. The molecule has 0 saturated carbocycles. The van der Waals surface area contributed by atoms with Gasteiger partial charge in [0.15, 0.2) is 5.75 Å². The fourth-order valence-electron chi connectivity index (χ4n) is 5.46. The van der Waals surface area contributed by atoms with Crippen LogP contribution < -0.4 is 10.4 Å². The number of ether oxygens (including phenoxy) is 2. The molecule has 1 aromatic carbocycles. The van der Waals surface area contributed by atoms with Crippen molar-refractivity contribution >= 4 is 28.7 Å². The zero-order chi connectivity index (χ0) is 33.6. The number of pyridine rings is 1.